The Hall–Kier alpha value is -0.755. The van der Waals surface area contributed by atoms with Crippen LogP contribution in [-0.2, 0) is 6.42 Å². The van der Waals surface area contributed by atoms with Crippen molar-refractivity contribution in [1.82, 2.24) is 5.32 Å². The highest BCUT2D eigenvalue weighted by Gasteiger charge is 1.96. The maximum atomic E-state index is 3.16. The van der Waals surface area contributed by atoms with Gasteiger partial charge >= 0.3 is 0 Å². The van der Waals surface area contributed by atoms with Crippen molar-refractivity contribution in [3.63, 3.8) is 0 Å². The highest BCUT2D eigenvalue weighted by atomic mass is 14.8. The fourth-order valence-corrected chi connectivity index (χ4v) is 1.39. The number of aryl methyl sites for hydroxylation is 1. The molecule has 2 heteroatoms. The molecule has 0 aliphatic heterocycles. The van der Waals surface area contributed by atoms with Gasteiger partial charge in [-0.25, -0.2) is 0 Å². The zero-order valence-corrected chi connectivity index (χ0v) is 8.15. The van der Waals surface area contributed by atoms with E-state index < -0.39 is 0 Å². The van der Waals surface area contributed by atoms with Gasteiger partial charge in [-0.3, -0.25) is 0 Å². The molecule has 0 saturated heterocycles. The first-order chi connectivity index (χ1) is 5.74. The second kappa shape index (κ2) is 4.32. The van der Waals surface area contributed by atoms with Crippen molar-refractivity contribution < 1.29 is 0 Å². The molecule has 64 valence electrons. The van der Waals surface area contributed by atoms with Crippen LogP contribution in [0.3, 0.4) is 0 Å². The first-order valence-corrected chi connectivity index (χ1v) is 4.45. The molecule has 12 heavy (non-hydrogen) atoms. The zero-order valence-electron chi connectivity index (χ0n) is 8.15. The highest BCUT2D eigenvalue weighted by Crippen LogP contribution is 2.05. The fourth-order valence-electron chi connectivity index (χ4n) is 1.39. The van der Waals surface area contributed by atoms with Gasteiger partial charge in [-0.05, 0) is 38.1 Å². The van der Waals surface area contributed by atoms with E-state index in [9.17, 15) is 0 Å². The molecule has 1 aromatic carbocycles. The van der Waals surface area contributed by atoms with Gasteiger partial charge in [0.2, 0.25) is 0 Å². The summed E-state index contributed by atoms with van der Waals surface area (Å²) in [5.41, 5.74) is 4.21. The maximum absolute atomic E-state index is 3.16. The van der Waals surface area contributed by atoms with Crippen LogP contribution >= 0.6 is 0 Å². The molecule has 0 atom stereocenters. The van der Waals surface area contributed by atoms with Crippen LogP contribution in [0, 0.1) is 6.92 Å². The SMILES string of the molecule is Bc1ccc(CCNC)c(C)c1. The molecule has 0 bridgehead atoms. The summed E-state index contributed by atoms with van der Waals surface area (Å²) in [6, 6.07) is 6.64. The summed E-state index contributed by atoms with van der Waals surface area (Å²) < 4.78 is 0. The average molecular weight is 161 g/mol. The third-order valence-corrected chi connectivity index (χ3v) is 2.14. The molecule has 1 nitrogen and oxygen atoms in total. The van der Waals surface area contributed by atoms with E-state index in [1.54, 1.807) is 0 Å². The van der Waals surface area contributed by atoms with Crippen molar-refractivity contribution in [3.05, 3.63) is 29.3 Å². The van der Waals surface area contributed by atoms with Crippen LogP contribution in [0.4, 0.5) is 0 Å². The number of benzene rings is 1. The van der Waals surface area contributed by atoms with Gasteiger partial charge < -0.3 is 5.32 Å². The van der Waals surface area contributed by atoms with Crippen LogP contribution in [0.15, 0.2) is 18.2 Å². The molecule has 1 N–H and O–H groups in total. The molecule has 0 spiro atoms. The Morgan fingerprint density at radius 3 is 2.75 bits per heavy atom. The van der Waals surface area contributed by atoms with Crippen LogP contribution in [0.2, 0.25) is 0 Å². The third-order valence-electron chi connectivity index (χ3n) is 2.14. The summed E-state index contributed by atoms with van der Waals surface area (Å²) in [5.74, 6) is 0. The Labute approximate surface area is 75.6 Å². The largest absolute Gasteiger partial charge is 0.319 e. The fraction of sp³-hybridized carbons (Fsp3) is 0.400. The Balaban J connectivity index is 2.72. The lowest BCUT2D eigenvalue weighted by Gasteiger charge is -2.05. The Morgan fingerprint density at radius 1 is 1.42 bits per heavy atom. The van der Waals surface area contributed by atoms with Gasteiger partial charge in [0.15, 0.2) is 0 Å². The molecule has 0 amide bonds. The number of rotatable bonds is 3. The molecule has 1 rings (SSSR count). The lowest BCUT2D eigenvalue weighted by molar-refractivity contribution is 0.789. The first-order valence-electron chi connectivity index (χ1n) is 4.45. The first kappa shape index (κ1) is 9.33. The predicted molar refractivity (Wildman–Crippen MR) is 57.0 cm³/mol. The number of nitrogens with one attached hydrogen (secondary N) is 1. The topological polar surface area (TPSA) is 12.0 Å². The maximum Gasteiger partial charge on any atom is 0.139 e. The number of likely N-dealkylation sites (N-methyl/N-ethyl adjacent to an activating group) is 1. The summed E-state index contributed by atoms with van der Waals surface area (Å²) in [4.78, 5) is 0. The van der Waals surface area contributed by atoms with Crippen molar-refractivity contribution in [3.8, 4) is 0 Å². The van der Waals surface area contributed by atoms with Crippen LogP contribution in [0.5, 0.6) is 0 Å². The molecule has 0 aromatic heterocycles. The van der Waals surface area contributed by atoms with E-state index in [1.165, 1.54) is 16.6 Å². The summed E-state index contributed by atoms with van der Waals surface area (Å²) in [5, 5.41) is 3.16. The standard InChI is InChI=1S/C10H16BN/c1-8-7-10(11)4-3-9(8)5-6-12-2/h3-4,7,12H,5-6,11H2,1-2H3. The molecular weight excluding hydrogens is 145 g/mol. The molecule has 0 aliphatic rings. The van der Waals surface area contributed by atoms with E-state index in [0.29, 0.717) is 0 Å². The molecule has 0 heterocycles. The minimum absolute atomic E-state index is 1.06. The van der Waals surface area contributed by atoms with Gasteiger partial charge in [0, 0.05) is 0 Å². The molecule has 0 radical (unpaired) electrons. The molecule has 0 saturated carbocycles. The Kier molecular flexibility index (Phi) is 3.36. The van der Waals surface area contributed by atoms with E-state index in [2.05, 4.69) is 38.3 Å². The second-order valence-electron chi connectivity index (χ2n) is 3.28. The van der Waals surface area contributed by atoms with Crippen LogP contribution in [-0.4, -0.2) is 21.4 Å². The van der Waals surface area contributed by atoms with Crippen LogP contribution in [0.1, 0.15) is 11.1 Å². The normalized spacial score (nSPS) is 10.2. The molecular formula is C10H16BN. The van der Waals surface area contributed by atoms with Gasteiger partial charge in [-0.1, -0.05) is 23.7 Å². The van der Waals surface area contributed by atoms with E-state index in [-0.39, 0.29) is 0 Å². The van der Waals surface area contributed by atoms with Crippen molar-refractivity contribution >= 4 is 13.3 Å². The average Bonchev–Trinajstić information content (AvgIpc) is 2.03. The Morgan fingerprint density at radius 2 is 2.17 bits per heavy atom. The lowest BCUT2D eigenvalue weighted by Crippen LogP contribution is -2.12. The van der Waals surface area contributed by atoms with Crippen LogP contribution < -0.4 is 10.8 Å². The van der Waals surface area contributed by atoms with Crippen molar-refractivity contribution in [2.45, 2.75) is 13.3 Å². The van der Waals surface area contributed by atoms with Gasteiger partial charge in [0.1, 0.15) is 7.85 Å². The summed E-state index contributed by atoms with van der Waals surface area (Å²) >= 11 is 0. The predicted octanol–water partition coefficient (Wildman–Crippen LogP) is 0.0153. The molecule has 0 aliphatic carbocycles. The molecule has 1 aromatic rings. The summed E-state index contributed by atoms with van der Waals surface area (Å²) in [6.07, 6.45) is 1.13. The smallest absolute Gasteiger partial charge is 0.139 e. The molecule has 0 unspecified atom stereocenters. The minimum Gasteiger partial charge on any atom is -0.319 e. The zero-order chi connectivity index (χ0) is 8.97. The van der Waals surface area contributed by atoms with Gasteiger partial charge in [0.25, 0.3) is 0 Å². The van der Waals surface area contributed by atoms with Crippen molar-refractivity contribution in [2.24, 2.45) is 0 Å². The van der Waals surface area contributed by atoms with E-state index in [4.69, 9.17) is 0 Å². The monoisotopic (exact) mass is 161 g/mol. The Bertz CT molecular complexity index is 258. The van der Waals surface area contributed by atoms with Crippen LogP contribution in [0.25, 0.3) is 0 Å². The van der Waals surface area contributed by atoms with Gasteiger partial charge in [-0.15, -0.1) is 0 Å². The van der Waals surface area contributed by atoms with Crippen molar-refractivity contribution in [2.75, 3.05) is 13.6 Å². The van der Waals surface area contributed by atoms with E-state index >= 15 is 0 Å². The lowest BCUT2D eigenvalue weighted by atomic mass is 9.92. The van der Waals surface area contributed by atoms with E-state index in [1.807, 2.05) is 7.05 Å². The quantitative estimate of drug-likeness (QED) is 0.616. The third kappa shape index (κ3) is 2.38. The van der Waals surface area contributed by atoms with Crippen molar-refractivity contribution in [1.29, 1.82) is 0 Å². The van der Waals surface area contributed by atoms with E-state index in [0.717, 1.165) is 13.0 Å². The minimum atomic E-state index is 1.06. The highest BCUT2D eigenvalue weighted by molar-refractivity contribution is 6.32. The van der Waals surface area contributed by atoms with Gasteiger partial charge in [-0.2, -0.15) is 0 Å². The summed E-state index contributed by atoms with van der Waals surface area (Å²) in [7, 11) is 4.12. The van der Waals surface area contributed by atoms with Gasteiger partial charge in [0.05, 0.1) is 0 Å². The number of hydrogen-bond acceptors (Lipinski definition) is 1. The second-order valence-corrected chi connectivity index (χ2v) is 3.28. The number of hydrogen-bond donors (Lipinski definition) is 1. The summed E-state index contributed by atoms with van der Waals surface area (Å²) in [6.45, 7) is 3.24. The molecule has 0 fully saturated rings.